The third kappa shape index (κ3) is 5.85. The summed E-state index contributed by atoms with van der Waals surface area (Å²) in [6, 6.07) is 43.5. The Morgan fingerprint density at radius 2 is 1.14 bits per heavy atom. The largest absolute Gasteiger partial charge is 0.307 e. The molecule has 0 bridgehead atoms. The quantitative estimate of drug-likeness (QED) is 0.145. The Morgan fingerprint density at radius 1 is 0.542 bits per heavy atom. The van der Waals surface area contributed by atoms with Crippen LogP contribution in [0.2, 0.25) is 0 Å². The van der Waals surface area contributed by atoms with Gasteiger partial charge in [-0.25, -0.2) is 0 Å². The maximum Gasteiger partial charge on any atom is 0.0788 e. The summed E-state index contributed by atoms with van der Waals surface area (Å²) in [4.78, 5) is 0. The number of nitrogens with zero attached hydrogens (tertiary/aromatic N) is 2. The molecule has 4 saturated carbocycles. The summed E-state index contributed by atoms with van der Waals surface area (Å²) in [6.07, 6.45) is 17.4. The molecule has 2 aromatic heterocycles. The van der Waals surface area contributed by atoms with Crippen LogP contribution in [-0.2, 0) is 0 Å². The van der Waals surface area contributed by atoms with Crippen LogP contribution in [0.1, 0.15) is 123 Å². The van der Waals surface area contributed by atoms with Crippen molar-refractivity contribution >= 4 is 43.6 Å². The fourth-order valence-electron chi connectivity index (χ4n) is 15.1. The predicted molar refractivity (Wildman–Crippen MR) is 251 cm³/mol. The highest BCUT2D eigenvalue weighted by molar-refractivity contribution is 6.23. The lowest BCUT2D eigenvalue weighted by Crippen LogP contribution is -2.53. The molecule has 11 rings (SSSR count). The maximum absolute atomic E-state index is 2.77. The Morgan fingerprint density at radius 3 is 1.80 bits per heavy atom. The van der Waals surface area contributed by atoms with Gasteiger partial charge in [0.25, 0.3) is 0 Å². The second-order valence-electron chi connectivity index (χ2n) is 21.1. The predicted octanol–water partition coefficient (Wildman–Crippen LogP) is 16.1. The molecular weight excluding hydrogens is 713 g/mol. The lowest BCUT2D eigenvalue weighted by Gasteiger charge is -2.61. The molecule has 5 aromatic carbocycles. The molecule has 1 unspecified atom stereocenters. The van der Waals surface area contributed by atoms with Crippen molar-refractivity contribution in [1.82, 2.24) is 9.13 Å². The van der Waals surface area contributed by atoms with E-state index in [9.17, 15) is 0 Å². The van der Waals surface area contributed by atoms with Gasteiger partial charge in [-0.05, 0) is 158 Å². The van der Waals surface area contributed by atoms with E-state index in [2.05, 4.69) is 159 Å². The minimum atomic E-state index is 0.521. The van der Waals surface area contributed by atoms with Gasteiger partial charge in [-0.1, -0.05) is 133 Å². The van der Waals surface area contributed by atoms with Crippen LogP contribution in [0.25, 0.3) is 55.0 Å². The van der Waals surface area contributed by atoms with Gasteiger partial charge in [-0.15, -0.1) is 0 Å². The first-order valence-corrected chi connectivity index (χ1v) is 23.9. The van der Waals surface area contributed by atoms with Crippen molar-refractivity contribution in [3.05, 3.63) is 121 Å². The maximum atomic E-state index is 2.77. The van der Waals surface area contributed by atoms with E-state index in [0.29, 0.717) is 16.7 Å². The van der Waals surface area contributed by atoms with E-state index in [4.69, 9.17) is 0 Å². The number of para-hydroxylation sites is 3. The summed E-state index contributed by atoms with van der Waals surface area (Å²) < 4.78 is 5.06. The Balaban J connectivity index is 0.888. The molecule has 304 valence electrons. The van der Waals surface area contributed by atoms with Crippen molar-refractivity contribution in [1.29, 1.82) is 0 Å². The zero-order chi connectivity index (χ0) is 40.0. The molecule has 0 spiro atoms. The smallest absolute Gasteiger partial charge is 0.0788 e. The molecule has 9 atom stereocenters. The van der Waals surface area contributed by atoms with Gasteiger partial charge in [0.05, 0.1) is 22.1 Å². The minimum absolute atomic E-state index is 0.521. The van der Waals surface area contributed by atoms with Gasteiger partial charge >= 0.3 is 0 Å². The molecule has 59 heavy (non-hydrogen) atoms. The second-order valence-corrected chi connectivity index (χ2v) is 21.1. The van der Waals surface area contributed by atoms with Crippen molar-refractivity contribution in [3.63, 3.8) is 0 Å². The van der Waals surface area contributed by atoms with Crippen LogP contribution in [0.3, 0.4) is 0 Å². The summed E-state index contributed by atoms with van der Waals surface area (Å²) in [5.74, 6) is 7.10. The Labute approximate surface area is 353 Å². The van der Waals surface area contributed by atoms with Crippen molar-refractivity contribution < 1.29 is 0 Å². The van der Waals surface area contributed by atoms with Gasteiger partial charge in [0.1, 0.15) is 0 Å². The molecule has 2 heterocycles. The molecular formula is C57H66N2. The normalized spacial score (nSPS) is 29.9. The highest BCUT2D eigenvalue weighted by Crippen LogP contribution is 2.69. The number of rotatable bonds is 8. The van der Waals surface area contributed by atoms with E-state index in [1.165, 1.54) is 132 Å². The van der Waals surface area contributed by atoms with E-state index in [1.54, 1.807) is 5.56 Å². The van der Waals surface area contributed by atoms with E-state index in [1.807, 2.05) is 0 Å². The fraction of sp³-hybridized carbons (Fsp3) is 0.474. The van der Waals surface area contributed by atoms with Gasteiger partial charge in [0, 0.05) is 32.9 Å². The molecule has 7 aromatic rings. The van der Waals surface area contributed by atoms with Gasteiger partial charge in [-0.3, -0.25) is 0 Å². The standard InChI is InChI=1S/C57H66N2/c1-37(2)14-13-15-38(3)49-30-31-50-48-27-24-41-36-40(32-34-56(41,4)51(48)33-35-57(49,50)5)39-22-25-43(26-23-39)59-53-21-12-10-19-45(53)47-29-28-46-44-18-9-11-20-52(44)58(54(46)55(47)59)42-16-7-6-8-17-42/h6-12,16-23,25-26,28-29,37-38,40-41,48-51H,13-15,24,27,30-36H2,1-5H3/t38-,40?,41+,48+,49-,50+,51+,56+,57-/m1/s1. The number of benzene rings is 5. The first-order valence-electron chi connectivity index (χ1n) is 23.9. The molecule has 4 fully saturated rings. The summed E-state index contributed by atoms with van der Waals surface area (Å²) >= 11 is 0. The number of aromatic nitrogens is 2. The van der Waals surface area contributed by atoms with Gasteiger partial charge < -0.3 is 9.13 Å². The molecule has 0 aliphatic heterocycles. The molecule has 2 heteroatoms. The van der Waals surface area contributed by atoms with Crippen LogP contribution < -0.4 is 0 Å². The molecule has 0 saturated heterocycles. The van der Waals surface area contributed by atoms with Gasteiger partial charge in [0.15, 0.2) is 0 Å². The van der Waals surface area contributed by atoms with E-state index >= 15 is 0 Å². The van der Waals surface area contributed by atoms with Crippen molar-refractivity contribution in [2.24, 2.45) is 52.3 Å². The molecule has 0 radical (unpaired) electrons. The van der Waals surface area contributed by atoms with Crippen LogP contribution >= 0.6 is 0 Å². The number of fused-ring (bicyclic) bond motifs is 12. The average Bonchev–Trinajstić information content (AvgIpc) is 3.91. The van der Waals surface area contributed by atoms with Gasteiger partial charge in [-0.2, -0.15) is 0 Å². The summed E-state index contributed by atoms with van der Waals surface area (Å²) in [5, 5.41) is 5.23. The van der Waals surface area contributed by atoms with Gasteiger partial charge in [0.2, 0.25) is 0 Å². The summed E-state index contributed by atoms with van der Waals surface area (Å²) in [5.41, 5.74) is 10.2. The monoisotopic (exact) mass is 779 g/mol. The Bertz CT molecular complexity index is 2640. The van der Waals surface area contributed by atoms with Crippen LogP contribution in [-0.4, -0.2) is 9.13 Å². The molecule has 0 N–H and O–H groups in total. The summed E-state index contributed by atoms with van der Waals surface area (Å²) in [7, 11) is 0. The van der Waals surface area contributed by atoms with Crippen LogP contribution in [0.5, 0.6) is 0 Å². The highest BCUT2D eigenvalue weighted by atomic mass is 15.0. The van der Waals surface area contributed by atoms with E-state index in [0.717, 1.165) is 41.4 Å². The molecule has 0 amide bonds. The fourth-order valence-corrected chi connectivity index (χ4v) is 15.1. The average molecular weight is 779 g/mol. The van der Waals surface area contributed by atoms with E-state index in [-0.39, 0.29) is 0 Å². The first-order chi connectivity index (χ1) is 28.7. The Kier molecular flexibility index (Phi) is 9.21. The van der Waals surface area contributed by atoms with Crippen molar-refractivity contribution in [2.45, 2.75) is 118 Å². The number of hydrogen-bond acceptors (Lipinski definition) is 0. The number of hydrogen-bond donors (Lipinski definition) is 0. The molecule has 4 aliphatic rings. The van der Waals surface area contributed by atoms with Crippen LogP contribution in [0.4, 0.5) is 0 Å². The van der Waals surface area contributed by atoms with E-state index < -0.39 is 0 Å². The second kappa shape index (κ2) is 14.4. The molecule has 4 aliphatic carbocycles. The first kappa shape index (κ1) is 37.7. The Hall–Kier alpha value is -4.30. The van der Waals surface area contributed by atoms with Crippen molar-refractivity contribution in [2.75, 3.05) is 0 Å². The van der Waals surface area contributed by atoms with Crippen LogP contribution in [0, 0.1) is 52.3 Å². The van der Waals surface area contributed by atoms with Crippen molar-refractivity contribution in [3.8, 4) is 11.4 Å². The topological polar surface area (TPSA) is 9.86 Å². The SMILES string of the molecule is CC(C)CCC[C@@H](C)[C@H]1CC[C@H]2[C@@H]3CC[C@H]4CC(c5ccc(-n6c7ccccc7c7ccc8c9ccccc9n(-c9ccccc9)c8c76)cc5)CC[C@]4(C)[C@H]3CC[C@]12C. The minimum Gasteiger partial charge on any atom is -0.307 e. The van der Waals surface area contributed by atoms with Crippen LogP contribution in [0.15, 0.2) is 115 Å². The lowest BCUT2D eigenvalue weighted by atomic mass is 9.43. The third-order valence-electron chi connectivity index (χ3n) is 18.0. The zero-order valence-electron chi connectivity index (χ0n) is 36.5. The summed E-state index contributed by atoms with van der Waals surface area (Å²) in [6.45, 7) is 13.0. The third-order valence-corrected chi connectivity index (χ3v) is 18.0. The molecule has 2 nitrogen and oxygen atoms in total. The lowest BCUT2D eigenvalue weighted by molar-refractivity contribution is -0.117. The highest BCUT2D eigenvalue weighted by Gasteiger charge is 2.60. The zero-order valence-corrected chi connectivity index (χ0v) is 36.5.